The van der Waals surface area contributed by atoms with Gasteiger partial charge in [-0.25, -0.2) is 0 Å². The van der Waals surface area contributed by atoms with Crippen LogP contribution in [0.25, 0.3) is 16.5 Å². The number of nitrogens with one attached hydrogen (secondary N) is 1. The number of benzene rings is 3. The number of hydrogen-bond donors (Lipinski definition) is 1. The van der Waals surface area contributed by atoms with Gasteiger partial charge in [0, 0.05) is 18.8 Å². The van der Waals surface area contributed by atoms with Crippen LogP contribution in [0.3, 0.4) is 0 Å². The molecule has 1 fully saturated rings. The summed E-state index contributed by atoms with van der Waals surface area (Å²) in [5, 5.41) is 14.6. The first-order valence-corrected chi connectivity index (χ1v) is 12.3. The van der Waals surface area contributed by atoms with E-state index in [1.54, 1.807) is 0 Å². The number of morpholine rings is 1. The number of fused-ring (bicyclic) bond motifs is 1. The quantitative estimate of drug-likeness (QED) is 0.410. The molecular weight excluding hydrogens is 446 g/mol. The number of anilines is 2. The number of carbonyl (C=O) groups is 1. The molecule has 1 aliphatic rings. The number of thioether (sulfide) groups is 1. The topological polar surface area (TPSA) is 72.3 Å². The molecule has 1 aromatic heterocycles. The molecule has 5 rings (SSSR count). The Labute approximate surface area is 203 Å². The first kappa shape index (κ1) is 22.4. The normalized spacial score (nSPS) is 14.8. The smallest absolute Gasteiger partial charge is 0.237 e. The van der Waals surface area contributed by atoms with Crippen LogP contribution in [-0.2, 0) is 9.53 Å². The Morgan fingerprint density at radius 1 is 1.00 bits per heavy atom. The third-order valence-electron chi connectivity index (χ3n) is 5.93. The molecule has 174 valence electrons. The number of nitrogens with zero attached hydrogens (tertiary/aromatic N) is 4. The summed E-state index contributed by atoms with van der Waals surface area (Å²) >= 11 is 1.41. The Morgan fingerprint density at radius 2 is 1.74 bits per heavy atom. The van der Waals surface area contributed by atoms with E-state index < -0.39 is 0 Å². The second-order valence-corrected chi connectivity index (χ2v) is 9.62. The van der Waals surface area contributed by atoms with Crippen LogP contribution in [0.1, 0.15) is 12.5 Å². The van der Waals surface area contributed by atoms with Crippen molar-refractivity contribution >= 4 is 40.1 Å². The fraction of sp³-hybridized carbons (Fsp3) is 0.269. The van der Waals surface area contributed by atoms with Crippen LogP contribution in [0.15, 0.2) is 71.9 Å². The summed E-state index contributed by atoms with van der Waals surface area (Å²) < 4.78 is 7.58. The number of hydrogen-bond acceptors (Lipinski definition) is 6. The maximum absolute atomic E-state index is 13.1. The van der Waals surface area contributed by atoms with Gasteiger partial charge in [-0.15, -0.1) is 10.2 Å². The predicted molar refractivity (Wildman–Crippen MR) is 137 cm³/mol. The molecule has 1 unspecified atom stereocenters. The molecule has 34 heavy (non-hydrogen) atoms. The van der Waals surface area contributed by atoms with Crippen molar-refractivity contribution in [1.29, 1.82) is 0 Å². The fourth-order valence-corrected chi connectivity index (χ4v) is 4.91. The highest BCUT2D eigenvalue weighted by Gasteiger charge is 2.25. The van der Waals surface area contributed by atoms with E-state index in [4.69, 9.17) is 4.74 Å². The van der Waals surface area contributed by atoms with Gasteiger partial charge in [-0.2, -0.15) is 0 Å². The molecule has 1 atom stereocenters. The summed E-state index contributed by atoms with van der Waals surface area (Å²) in [5.41, 5.74) is 2.91. The number of aryl methyl sites for hydroxylation is 1. The number of amides is 1. The number of rotatable bonds is 6. The Balaban J connectivity index is 1.40. The van der Waals surface area contributed by atoms with Gasteiger partial charge in [0.15, 0.2) is 5.16 Å². The van der Waals surface area contributed by atoms with Crippen LogP contribution in [0, 0.1) is 6.92 Å². The number of para-hydroxylation sites is 1. The number of carbonyl (C=O) groups excluding carboxylic acids is 1. The molecule has 7 nitrogen and oxygen atoms in total. The van der Waals surface area contributed by atoms with Crippen LogP contribution >= 0.6 is 11.8 Å². The molecule has 2 heterocycles. The van der Waals surface area contributed by atoms with Crippen LogP contribution in [-0.4, -0.2) is 52.2 Å². The van der Waals surface area contributed by atoms with Crippen molar-refractivity contribution in [2.75, 3.05) is 36.5 Å². The van der Waals surface area contributed by atoms with Crippen molar-refractivity contribution in [3.8, 4) is 5.69 Å². The Bertz CT molecular complexity index is 1320. The van der Waals surface area contributed by atoms with E-state index in [1.807, 2.05) is 55.5 Å². The Morgan fingerprint density at radius 3 is 2.53 bits per heavy atom. The van der Waals surface area contributed by atoms with Crippen molar-refractivity contribution in [1.82, 2.24) is 14.8 Å². The van der Waals surface area contributed by atoms with Gasteiger partial charge < -0.3 is 15.0 Å². The molecule has 1 saturated heterocycles. The average Bonchev–Trinajstić information content (AvgIpc) is 3.28. The second kappa shape index (κ2) is 9.87. The molecule has 3 aromatic carbocycles. The highest BCUT2D eigenvalue weighted by atomic mass is 32.2. The van der Waals surface area contributed by atoms with Crippen LogP contribution < -0.4 is 10.2 Å². The van der Waals surface area contributed by atoms with Crippen LogP contribution in [0.2, 0.25) is 0 Å². The van der Waals surface area contributed by atoms with Gasteiger partial charge in [0.1, 0.15) is 0 Å². The summed E-state index contributed by atoms with van der Waals surface area (Å²) in [7, 11) is 0. The summed E-state index contributed by atoms with van der Waals surface area (Å²) in [6.07, 6.45) is 0. The van der Waals surface area contributed by atoms with E-state index in [2.05, 4.69) is 50.1 Å². The second-order valence-electron chi connectivity index (χ2n) is 8.32. The van der Waals surface area contributed by atoms with Gasteiger partial charge in [-0.05, 0) is 48.4 Å². The lowest BCUT2D eigenvalue weighted by molar-refractivity contribution is -0.115. The third-order valence-corrected chi connectivity index (χ3v) is 6.98. The maximum Gasteiger partial charge on any atom is 0.237 e. The van der Waals surface area contributed by atoms with E-state index in [9.17, 15) is 4.79 Å². The minimum Gasteiger partial charge on any atom is -0.378 e. The molecule has 0 spiro atoms. The van der Waals surface area contributed by atoms with Crippen molar-refractivity contribution in [2.24, 2.45) is 0 Å². The largest absolute Gasteiger partial charge is 0.378 e. The molecule has 1 amide bonds. The SMILES string of the molecule is Cc1ccccc1-n1c(SC(C)C(=O)Nc2ccc3ccccc3c2)nnc1N1CCOCC1. The van der Waals surface area contributed by atoms with Crippen LogP contribution in [0.5, 0.6) is 0 Å². The molecule has 0 aliphatic carbocycles. The minimum atomic E-state index is -0.365. The van der Waals surface area contributed by atoms with E-state index in [0.29, 0.717) is 18.4 Å². The van der Waals surface area contributed by atoms with Gasteiger partial charge >= 0.3 is 0 Å². The van der Waals surface area contributed by atoms with Crippen molar-refractivity contribution in [2.45, 2.75) is 24.3 Å². The lowest BCUT2D eigenvalue weighted by Gasteiger charge is -2.28. The molecule has 0 saturated carbocycles. The summed E-state index contributed by atoms with van der Waals surface area (Å²) in [6.45, 7) is 6.80. The van der Waals surface area contributed by atoms with E-state index in [0.717, 1.165) is 46.7 Å². The standard InChI is InChI=1S/C26H27N5O2S/c1-18-7-3-6-10-23(18)31-25(30-13-15-33-16-14-30)28-29-26(31)34-19(2)24(32)27-22-12-11-20-8-4-5-9-21(20)17-22/h3-12,17,19H,13-16H2,1-2H3,(H,27,32). The average molecular weight is 474 g/mol. The van der Waals surface area contributed by atoms with Gasteiger partial charge in [-0.1, -0.05) is 60.3 Å². The van der Waals surface area contributed by atoms with Gasteiger partial charge in [0.25, 0.3) is 0 Å². The molecule has 0 bridgehead atoms. The van der Waals surface area contributed by atoms with E-state index >= 15 is 0 Å². The lowest BCUT2D eigenvalue weighted by Crippen LogP contribution is -2.38. The predicted octanol–water partition coefficient (Wildman–Crippen LogP) is 4.68. The highest BCUT2D eigenvalue weighted by Crippen LogP contribution is 2.31. The zero-order chi connectivity index (χ0) is 23.5. The van der Waals surface area contributed by atoms with Crippen molar-refractivity contribution in [3.63, 3.8) is 0 Å². The molecule has 1 aliphatic heterocycles. The van der Waals surface area contributed by atoms with Gasteiger partial charge in [-0.3, -0.25) is 9.36 Å². The number of ether oxygens (including phenoxy) is 1. The fourth-order valence-electron chi connectivity index (χ4n) is 4.05. The van der Waals surface area contributed by atoms with Crippen molar-refractivity contribution in [3.05, 3.63) is 72.3 Å². The summed E-state index contributed by atoms with van der Waals surface area (Å²) in [5.74, 6) is 0.703. The minimum absolute atomic E-state index is 0.0764. The van der Waals surface area contributed by atoms with Gasteiger partial charge in [0.2, 0.25) is 11.9 Å². The monoisotopic (exact) mass is 473 g/mol. The molecule has 0 radical (unpaired) electrons. The number of aromatic nitrogens is 3. The Hall–Kier alpha value is -3.36. The maximum atomic E-state index is 13.1. The molecule has 1 N–H and O–H groups in total. The third kappa shape index (κ3) is 4.64. The Kier molecular flexibility index (Phi) is 6.51. The van der Waals surface area contributed by atoms with Gasteiger partial charge in [0.05, 0.1) is 24.2 Å². The molecule has 8 heteroatoms. The first-order valence-electron chi connectivity index (χ1n) is 11.4. The molecular formula is C26H27N5O2S. The zero-order valence-electron chi connectivity index (χ0n) is 19.3. The zero-order valence-corrected chi connectivity index (χ0v) is 20.1. The van der Waals surface area contributed by atoms with E-state index in [-0.39, 0.29) is 11.2 Å². The first-order chi connectivity index (χ1) is 16.6. The summed E-state index contributed by atoms with van der Waals surface area (Å²) in [6, 6.07) is 22.2. The van der Waals surface area contributed by atoms with Crippen molar-refractivity contribution < 1.29 is 9.53 Å². The summed E-state index contributed by atoms with van der Waals surface area (Å²) in [4.78, 5) is 15.2. The lowest BCUT2D eigenvalue weighted by atomic mass is 10.1. The highest BCUT2D eigenvalue weighted by molar-refractivity contribution is 8.00. The van der Waals surface area contributed by atoms with Crippen LogP contribution in [0.4, 0.5) is 11.6 Å². The molecule has 4 aromatic rings. The van der Waals surface area contributed by atoms with E-state index in [1.165, 1.54) is 11.8 Å².